The van der Waals surface area contributed by atoms with Gasteiger partial charge in [0.25, 0.3) is 0 Å². The van der Waals surface area contributed by atoms with Crippen LogP contribution in [0.4, 0.5) is 9.59 Å². The molecule has 0 aromatic heterocycles. The highest BCUT2D eigenvalue weighted by Gasteiger charge is 2.52. The predicted molar refractivity (Wildman–Crippen MR) is 128 cm³/mol. The summed E-state index contributed by atoms with van der Waals surface area (Å²) in [4.78, 5) is 53.8. The molecule has 0 spiro atoms. The number of hydrogen-bond donors (Lipinski definition) is 2. The lowest BCUT2D eigenvalue weighted by Crippen LogP contribution is -2.75. The molecule has 3 rings (SSSR count). The Labute approximate surface area is 202 Å². The highest BCUT2D eigenvalue weighted by Crippen LogP contribution is 2.27. The molecule has 3 aliphatic rings. The second-order valence-corrected chi connectivity index (χ2v) is 10.0. The Kier molecular flexibility index (Phi) is 9.64. The average Bonchev–Trinajstić information content (AvgIpc) is 2.73. The van der Waals surface area contributed by atoms with Crippen molar-refractivity contribution in [3.05, 3.63) is 12.2 Å². The molecule has 1 saturated heterocycles. The van der Waals surface area contributed by atoms with E-state index in [-0.39, 0.29) is 56.4 Å². The fourth-order valence-corrected chi connectivity index (χ4v) is 4.35. The van der Waals surface area contributed by atoms with Crippen molar-refractivity contribution in [1.82, 2.24) is 20.4 Å². The molecule has 0 aromatic rings. The number of Topliss-reactive ketones (excluding diaryl/α,β-unsaturated/α-hetero) is 2. The minimum absolute atomic E-state index is 0.0157. The minimum atomic E-state index is -0.971. The zero-order chi connectivity index (χ0) is 25.5. The molecule has 0 unspecified atom stereocenters. The summed E-state index contributed by atoms with van der Waals surface area (Å²) in [6, 6.07) is 0.0604. The van der Waals surface area contributed by atoms with Gasteiger partial charge >= 0.3 is 12.2 Å². The van der Waals surface area contributed by atoms with E-state index in [1.54, 1.807) is 19.2 Å². The zero-order valence-corrected chi connectivity index (χ0v) is 21.3. The van der Waals surface area contributed by atoms with E-state index >= 15 is 0 Å². The Bertz CT molecular complexity index is 790. The van der Waals surface area contributed by atoms with Crippen molar-refractivity contribution >= 4 is 23.8 Å². The van der Waals surface area contributed by atoms with Crippen LogP contribution in [0.15, 0.2) is 12.2 Å². The van der Waals surface area contributed by atoms with E-state index < -0.39 is 23.3 Å². The van der Waals surface area contributed by atoms with Crippen LogP contribution in [0.5, 0.6) is 0 Å². The van der Waals surface area contributed by atoms with Gasteiger partial charge in [0.2, 0.25) is 0 Å². The van der Waals surface area contributed by atoms with Gasteiger partial charge in [-0.15, -0.1) is 0 Å². The Balaban J connectivity index is 2.23. The molecule has 0 aromatic carbocycles. The Morgan fingerprint density at radius 3 is 2.21 bits per heavy atom. The van der Waals surface area contributed by atoms with Crippen LogP contribution in [0.2, 0.25) is 0 Å². The summed E-state index contributed by atoms with van der Waals surface area (Å²) in [6.45, 7) is 10.2. The van der Waals surface area contributed by atoms with Crippen LogP contribution in [-0.4, -0.2) is 97.1 Å². The number of nitrogens with zero attached hydrogens (tertiary/aromatic N) is 2. The van der Waals surface area contributed by atoms with Crippen LogP contribution >= 0.6 is 0 Å². The molecule has 2 N–H and O–H groups in total. The van der Waals surface area contributed by atoms with Crippen molar-refractivity contribution in [3.63, 3.8) is 0 Å². The number of ketones is 2. The summed E-state index contributed by atoms with van der Waals surface area (Å²) < 4.78 is 10.4. The summed E-state index contributed by atoms with van der Waals surface area (Å²) in [5.41, 5.74) is -1.82. The molecule has 0 aliphatic carbocycles. The van der Waals surface area contributed by atoms with Gasteiger partial charge in [-0.1, -0.05) is 13.8 Å². The van der Waals surface area contributed by atoms with Crippen molar-refractivity contribution < 1.29 is 28.7 Å². The summed E-state index contributed by atoms with van der Waals surface area (Å²) in [5.74, 6) is -0.366. The third kappa shape index (κ3) is 7.02. The third-order valence-electron chi connectivity index (χ3n) is 6.24. The first-order valence-corrected chi connectivity index (χ1v) is 11.9. The van der Waals surface area contributed by atoms with E-state index in [1.807, 2.05) is 34.6 Å². The maximum absolute atomic E-state index is 13.4. The van der Waals surface area contributed by atoms with Crippen LogP contribution in [-0.2, 0) is 19.1 Å². The SMILES string of the molecule is CC(C)N[C@]1(C)CCCN(C)C(=O)OCC=CCOC(=O)N2CC(C(=O)C(C)C)(C2)NCC1=O. The van der Waals surface area contributed by atoms with Gasteiger partial charge in [0.15, 0.2) is 11.6 Å². The third-order valence-corrected chi connectivity index (χ3v) is 6.24. The van der Waals surface area contributed by atoms with Gasteiger partial charge in [-0.25, -0.2) is 9.59 Å². The summed E-state index contributed by atoms with van der Waals surface area (Å²) in [5, 5.41) is 6.54. The van der Waals surface area contributed by atoms with Crippen molar-refractivity contribution in [2.75, 3.05) is 46.4 Å². The topological polar surface area (TPSA) is 117 Å². The number of ether oxygens (including phenoxy) is 2. The Morgan fingerprint density at radius 2 is 1.65 bits per heavy atom. The fraction of sp³-hybridized carbons (Fsp3) is 0.750. The monoisotopic (exact) mass is 480 g/mol. The second-order valence-electron chi connectivity index (χ2n) is 10.0. The van der Waals surface area contributed by atoms with Gasteiger partial charge in [-0.05, 0) is 45.8 Å². The maximum Gasteiger partial charge on any atom is 0.410 e. The van der Waals surface area contributed by atoms with Gasteiger partial charge in [-0.3, -0.25) is 14.9 Å². The van der Waals surface area contributed by atoms with Gasteiger partial charge < -0.3 is 24.6 Å². The van der Waals surface area contributed by atoms with E-state index in [2.05, 4.69) is 10.6 Å². The molecule has 3 heterocycles. The van der Waals surface area contributed by atoms with Gasteiger partial charge in [0.1, 0.15) is 18.8 Å². The van der Waals surface area contributed by atoms with Crippen LogP contribution in [0.25, 0.3) is 0 Å². The van der Waals surface area contributed by atoms with E-state index in [9.17, 15) is 19.2 Å². The number of carbonyl (C=O) groups excluding carboxylic acids is 4. The van der Waals surface area contributed by atoms with Crippen molar-refractivity contribution in [2.24, 2.45) is 5.92 Å². The number of amides is 2. The van der Waals surface area contributed by atoms with E-state index in [4.69, 9.17) is 9.47 Å². The van der Waals surface area contributed by atoms with Crippen molar-refractivity contribution in [3.8, 4) is 0 Å². The lowest BCUT2D eigenvalue weighted by atomic mass is 9.80. The first-order chi connectivity index (χ1) is 15.9. The number of carbonyl (C=O) groups is 4. The maximum atomic E-state index is 13.4. The van der Waals surface area contributed by atoms with Gasteiger partial charge in [-0.2, -0.15) is 0 Å². The highest BCUT2D eigenvalue weighted by atomic mass is 16.6. The normalized spacial score (nSPS) is 28.1. The standard InChI is InChI=1S/C24H40N4O6/c1-17(2)20(30)24-15-28(16-24)22(32)34-13-8-7-12-33-21(31)27(6)11-9-10-23(5,26-18(3)4)19(29)14-25-24/h7-8,17-18,25-26H,9-16H2,1-6H3/t23-/m1/s1. The van der Waals surface area contributed by atoms with E-state index in [0.717, 1.165) is 0 Å². The van der Waals surface area contributed by atoms with Crippen molar-refractivity contribution in [2.45, 2.75) is 64.6 Å². The molecular weight excluding hydrogens is 440 g/mol. The number of fused-ring (bicyclic) bond motifs is 14. The molecule has 34 heavy (non-hydrogen) atoms. The van der Waals surface area contributed by atoms with E-state index in [1.165, 1.54) is 9.80 Å². The molecule has 2 amide bonds. The Hall–Kier alpha value is -2.46. The first-order valence-electron chi connectivity index (χ1n) is 11.9. The van der Waals surface area contributed by atoms with Crippen molar-refractivity contribution in [1.29, 1.82) is 0 Å². The largest absolute Gasteiger partial charge is 0.445 e. The van der Waals surface area contributed by atoms with Crippen LogP contribution in [0.1, 0.15) is 47.5 Å². The fourth-order valence-electron chi connectivity index (χ4n) is 4.35. The molecule has 1 atom stereocenters. The van der Waals surface area contributed by atoms with Gasteiger partial charge in [0, 0.05) is 25.6 Å². The van der Waals surface area contributed by atoms with Crippen LogP contribution < -0.4 is 10.6 Å². The lowest BCUT2D eigenvalue weighted by Gasteiger charge is -2.49. The lowest BCUT2D eigenvalue weighted by molar-refractivity contribution is -0.136. The Morgan fingerprint density at radius 1 is 1.06 bits per heavy atom. The molecule has 1 fully saturated rings. The molecule has 0 saturated carbocycles. The molecule has 3 aliphatic heterocycles. The minimum Gasteiger partial charge on any atom is -0.445 e. The van der Waals surface area contributed by atoms with Gasteiger partial charge in [0.05, 0.1) is 25.2 Å². The first kappa shape index (κ1) is 27.8. The highest BCUT2D eigenvalue weighted by molar-refractivity contribution is 5.95. The summed E-state index contributed by atoms with van der Waals surface area (Å²) in [6.07, 6.45) is 3.31. The molecule has 192 valence electrons. The number of nitrogens with one attached hydrogen (secondary N) is 2. The number of hydrogen-bond acceptors (Lipinski definition) is 8. The second kappa shape index (κ2) is 11.8. The molecular formula is C24H40N4O6. The molecule has 10 heteroatoms. The van der Waals surface area contributed by atoms with E-state index in [0.29, 0.717) is 19.4 Å². The number of rotatable bonds is 4. The predicted octanol–water partition coefficient (Wildman–Crippen LogP) is 1.74. The molecule has 0 radical (unpaired) electrons. The molecule has 10 nitrogen and oxygen atoms in total. The molecule has 2 bridgehead atoms. The average molecular weight is 481 g/mol. The zero-order valence-electron chi connectivity index (χ0n) is 21.3. The van der Waals surface area contributed by atoms with Crippen LogP contribution in [0.3, 0.4) is 0 Å². The summed E-state index contributed by atoms with van der Waals surface area (Å²) in [7, 11) is 1.65. The quantitative estimate of drug-likeness (QED) is 0.585. The van der Waals surface area contributed by atoms with Crippen LogP contribution in [0, 0.1) is 5.92 Å². The smallest absolute Gasteiger partial charge is 0.410 e. The summed E-state index contributed by atoms with van der Waals surface area (Å²) >= 11 is 0.